The number of Topliss-reactive ketones (excluding diaryl/α,β-unsaturated/α-hetero) is 1. The van der Waals surface area contributed by atoms with Gasteiger partial charge in [0.25, 0.3) is 0 Å². The molecule has 3 nitrogen and oxygen atoms in total. The molecule has 0 unspecified atom stereocenters. The Morgan fingerprint density at radius 1 is 1.50 bits per heavy atom. The van der Waals surface area contributed by atoms with Crippen LogP contribution in [0.25, 0.3) is 10.9 Å². The van der Waals surface area contributed by atoms with Gasteiger partial charge in [-0.2, -0.15) is 0 Å². The Morgan fingerprint density at radius 3 is 2.88 bits per heavy atom. The van der Waals surface area contributed by atoms with E-state index in [-0.39, 0.29) is 5.78 Å². The van der Waals surface area contributed by atoms with Crippen molar-refractivity contribution in [3.63, 3.8) is 0 Å². The van der Waals surface area contributed by atoms with Gasteiger partial charge < -0.3 is 9.72 Å². The molecule has 0 saturated carbocycles. The summed E-state index contributed by atoms with van der Waals surface area (Å²) in [6, 6.07) is 3.66. The maximum Gasteiger partial charge on any atom is 0.138 e. The predicted octanol–water partition coefficient (Wildman–Crippen LogP) is 2.96. The Bertz CT molecular complexity index is 545. The maximum absolute atomic E-state index is 11.1. The van der Waals surface area contributed by atoms with Gasteiger partial charge in [0.1, 0.15) is 11.5 Å². The maximum atomic E-state index is 11.1. The number of carbonyl (C=O) groups is 1. The number of H-pyrrole nitrogens is 1. The molecule has 0 saturated heterocycles. The lowest BCUT2D eigenvalue weighted by Gasteiger charge is -2.03. The Labute approximate surface area is 98.4 Å². The molecular formula is C12H12ClNO2. The summed E-state index contributed by atoms with van der Waals surface area (Å²) in [6.07, 6.45) is 2.26. The molecule has 0 atom stereocenters. The van der Waals surface area contributed by atoms with Gasteiger partial charge >= 0.3 is 0 Å². The monoisotopic (exact) mass is 237 g/mol. The number of nitrogens with one attached hydrogen (secondary N) is 1. The normalized spacial score (nSPS) is 10.7. The van der Waals surface area contributed by atoms with Crippen molar-refractivity contribution in [1.29, 1.82) is 0 Å². The second kappa shape index (κ2) is 4.18. The highest BCUT2D eigenvalue weighted by atomic mass is 35.5. The van der Waals surface area contributed by atoms with E-state index in [2.05, 4.69) is 4.98 Å². The van der Waals surface area contributed by atoms with Gasteiger partial charge in [-0.1, -0.05) is 11.6 Å². The van der Waals surface area contributed by atoms with Crippen LogP contribution in [0.2, 0.25) is 5.02 Å². The molecule has 1 aromatic heterocycles. The summed E-state index contributed by atoms with van der Waals surface area (Å²) in [4.78, 5) is 14.2. The second-order valence-corrected chi connectivity index (χ2v) is 4.13. The lowest BCUT2D eigenvalue weighted by Crippen LogP contribution is -1.94. The minimum atomic E-state index is 0.134. The fourth-order valence-electron chi connectivity index (χ4n) is 1.75. The Kier molecular flexibility index (Phi) is 2.88. The van der Waals surface area contributed by atoms with Gasteiger partial charge in [-0.05, 0) is 24.6 Å². The summed E-state index contributed by atoms with van der Waals surface area (Å²) in [6.45, 7) is 1.58. The van der Waals surface area contributed by atoms with Crippen LogP contribution in [-0.4, -0.2) is 17.9 Å². The van der Waals surface area contributed by atoms with Gasteiger partial charge in [0.15, 0.2) is 0 Å². The lowest BCUT2D eigenvalue weighted by atomic mass is 10.1. The van der Waals surface area contributed by atoms with Crippen molar-refractivity contribution in [3.8, 4) is 5.75 Å². The van der Waals surface area contributed by atoms with E-state index < -0.39 is 0 Å². The number of ether oxygens (including phenoxy) is 1. The quantitative estimate of drug-likeness (QED) is 0.892. The first-order valence-corrected chi connectivity index (χ1v) is 5.32. The predicted molar refractivity (Wildman–Crippen MR) is 64.2 cm³/mol. The zero-order chi connectivity index (χ0) is 11.7. The minimum Gasteiger partial charge on any atom is -0.495 e. The molecule has 0 aliphatic carbocycles. The number of carbonyl (C=O) groups excluding carboxylic acids is 1. The molecule has 0 aliphatic rings. The van der Waals surface area contributed by atoms with Crippen molar-refractivity contribution >= 4 is 28.3 Å². The zero-order valence-electron chi connectivity index (χ0n) is 9.13. The van der Waals surface area contributed by atoms with Gasteiger partial charge in [-0.25, -0.2) is 0 Å². The van der Waals surface area contributed by atoms with E-state index in [9.17, 15) is 4.79 Å². The van der Waals surface area contributed by atoms with Crippen LogP contribution in [0.4, 0.5) is 0 Å². The van der Waals surface area contributed by atoms with Gasteiger partial charge in [0.05, 0.1) is 12.1 Å². The molecule has 0 fully saturated rings. The third-order valence-electron chi connectivity index (χ3n) is 2.48. The topological polar surface area (TPSA) is 42.1 Å². The van der Waals surface area contributed by atoms with E-state index in [0.717, 1.165) is 16.5 Å². The summed E-state index contributed by atoms with van der Waals surface area (Å²) in [5.41, 5.74) is 1.89. The lowest BCUT2D eigenvalue weighted by molar-refractivity contribution is -0.116. The van der Waals surface area contributed by atoms with Crippen LogP contribution in [0.3, 0.4) is 0 Å². The highest BCUT2D eigenvalue weighted by Crippen LogP contribution is 2.31. The van der Waals surface area contributed by atoms with Crippen molar-refractivity contribution in [1.82, 2.24) is 4.98 Å². The van der Waals surface area contributed by atoms with Crippen molar-refractivity contribution < 1.29 is 9.53 Å². The van der Waals surface area contributed by atoms with Crippen LogP contribution in [-0.2, 0) is 11.2 Å². The number of halogens is 1. The summed E-state index contributed by atoms with van der Waals surface area (Å²) in [5.74, 6) is 0.758. The molecule has 2 aromatic rings. The van der Waals surface area contributed by atoms with Crippen LogP contribution < -0.4 is 4.74 Å². The van der Waals surface area contributed by atoms with E-state index in [1.807, 2.05) is 12.3 Å². The third-order valence-corrected chi connectivity index (χ3v) is 2.77. The average Bonchev–Trinajstić information content (AvgIpc) is 2.59. The number of rotatable bonds is 3. The fraction of sp³-hybridized carbons (Fsp3) is 0.250. The molecule has 0 spiro atoms. The molecule has 1 aromatic carbocycles. The third kappa shape index (κ3) is 1.91. The van der Waals surface area contributed by atoms with Crippen LogP contribution >= 0.6 is 11.6 Å². The van der Waals surface area contributed by atoms with Crippen LogP contribution in [0.5, 0.6) is 5.75 Å². The number of hydrogen-bond acceptors (Lipinski definition) is 2. The molecule has 1 N–H and O–H groups in total. The summed E-state index contributed by atoms with van der Waals surface area (Å²) < 4.78 is 5.15. The van der Waals surface area contributed by atoms with E-state index >= 15 is 0 Å². The number of benzene rings is 1. The largest absolute Gasteiger partial charge is 0.495 e. The Balaban J connectivity index is 2.57. The summed E-state index contributed by atoms with van der Waals surface area (Å²) in [5, 5.41) is 1.54. The van der Waals surface area contributed by atoms with Crippen LogP contribution in [0.1, 0.15) is 12.5 Å². The average molecular weight is 238 g/mol. The van der Waals surface area contributed by atoms with E-state index in [4.69, 9.17) is 16.3 Å². The number of methoxy groups -OCH3 is 1. The molecule has 0 bridgehead atoms. The first-order valence-electron chi connectivity index (χ1n) is 4.94. The van der Waals surface area contributed by atoms with E-state index in [0.29, 0.717) is 17.2 Å². The smallest absolute Gasteiger partial charge is 0.138 e. The number of ketones is 1. The second-order valence-electron chi connectivity index (χ2n) is 3.73. The van der Waals surface area contributed by atoms with Crippen molar-refractivity contribution in [2.45, 2.75) is 13.3 Å². The van der Waals surface area contributed by atoms with Gasteiger partial charge in [-0.3, -0.25) is 4.79 Å². The number of aromatic nitrogens is 1. The molecule has 1 heterocycles. The fourth-order valence-corrected chi connectivity index (χ4v) is 1.99. The van der Waals surface area contributed by atoms with Crippen LogP contribution in [0, 0.1) is 0 Å². The highest BCUT2D eigenvalue weighted by molar-refractivity contribution is 6.32. The summed E-state index contributed by atoms with van der Waals surface area (Å²) in [7, 11) is 1.57. The standard InChI is InChI=1S/C12H12ClNO2/c1-7(15)3-8-6-14-11-5-10(13)12(16-2)4-9(8)11/h4-6,14H,3H2,1-2H3. The highest BCUT2D eigenvalue weighted by Gasteiger charge is 2.09. The molecule has 0 aliphatic heterocycles. The molecular weight excluding hydrogens is 226 g/mol. The van der Waals surface area contributed by atoms with Gasteiger partial charge in [-0.15, -0.1) is 0 Å². The Morgan fingerprint density at radius 2 is 2.25 bits per heavy atom. The number of hydrogen-bond donors (Lipinski definition) is 1. The number of aromatic amines is 1. The molecule has 2 rings (SSSR count). The molecule has 16 heavy (non-hydrogen) atoms. The van der Waals surface area contributed by atoms with E-state index in [1.54, 1.807) is 20.1 Å². The van der Waals surface area contributed by atoms with Crippen molar-refractivity contribution in [2.24, 2.45) is 0 Å². The number of fused-ring (bicyclic) bond motifs is 1. The molecule has 0 amide bonds. The molecule has 4 heteroatoms. The first kappa shape index (κ1) is 11.0. The first-order chi connectivity index (χ1) is 7.61. The van der Waals surface area contributed by atoms with Gasteiger partial charge in [0, 0.05) is 23.5 Å². The summed E-state index contributed by atoms with van der Waals surface area (Å²) >= 11 is 6.01. The molecule has 84 valence electrons. The van der Waals surface area contributed by atoms with Gasteiger partial charge in [0.2, 0.25) is 0 Å². The van der Waals surface area contributed by atoms with E-state index in [1.165, 1.54) is 0 Å². The van der Waals surface area contributed by atoms with Crippen LogP contribution in [0.15, 0.2) is 18.3 Å². The molecule has 0 radical (unpaired) electrons. The zero-order valence-corrected chi connectivity index (χ0v) is 9.89. The van der Waals surface area contributed by atoms with Crippen molar-refractivity contribution in [3.05, 3.63) is 28.9 Å². The Hall–Kier alpha value is -1.48. The van der Waals surface area contributed by atoms with Crippen molar-refractivity contribution in [2.75, 3.05) is 7.11 Å². The SMILES string of the molecule is COc1cc2c(CC(C)=O)c[nH]c2cc1Cl. The minimum absolute atomic E-state index is 0.134.